The monoisotopic (exact) mass is 339 g/mol. The van der Waals surface area contributed by atoms with Gasteiger partial charge in [0.25, 0.3) is 0 Å². The second-order valence-electron chi connectivity index (χ2n) is 5.42. The quantitative estimate of drug-likeness (QED) is 0.773. The summed E-state index contributed by atoms with van der Waals surface area (Å²) >= 11 is 0. The molecular weight excluding hydrogens is 324 g/mol. The number of ketones is 1. The highest BCUT2D eigenvalue weighted by Gasteiger charge is 2.28. The van der Waals surface area contributed by atoms with Gasteiger partial charge >= 0.3 is 0 Å². The Bertz CT molecular complexity index is 868. The van der Waals surface area contributed by atoms with Crippen LogP contribution in [-0.4, -0.2) is 25.0 Å². The SMILES string of the molecule is COc1ccccc1C=C1Oc2cc(O[C@H](C)C(=O)[O-])ccc2C1=O. The van der Waals surface area contributed by atoms with Crippen molar-refractivity contribution in [2.75, 3.05) is 7.11 Å². The minimum atomic E-state index is -1.32. The number of carboxylic acids is 1. The summed E-state index contributed by atoms with van der Waals surface area (Å²) in [6, 6.07) is 11.8. The van der Waals surface area contributed by atoms with Crippen LogP contribution >= 0.6 is 0 Å². The van der Waals surface area contributed by atoms with Crippen LogP contribution in [0.15, 0.2) is 48.2 Å². The minimum Gasteiger partial charge on any atom is -0.546 e. The molecule has 0 bridgehead atoms. The van der Waals surface area contributed by atoms with Gasteiger partial charge in [-0.3, -0.25) is 4.79 Å². The first-order valence-electron chi connectivity index (χ1n) is 7.58. The first kappa shape index (κ1) is 16.6. The van der Waals surface area contributed by atoms with Crippen LogP contribution in [0.2, 0.25) is 0 Å². The smallest absolute Gasteiger partial charge is 0.231 e. The predicted octanol–water partition coefficient (Wildman–Crippen LogP) is 1.83. The number of carbonyl (C=O) groups is 2. The highest BCUT2D eigenvalue weighted by atomic mass is 16.5. The zero-order valence-electron chi connectivity index (χ0n) is 13.6. The van der Waals surface area contributed by atoms with Crippen LogP contribution in [0, 0.1) is 0 Å². The van der Waals surface area contributed by atoms with Crippen molar-refractivity contribution in [3.05, 3.63) is 59.4 Å². The molecule has 0 saturated carbocycles. The van der Waals surface area contributed by atoms with Gasteiger partial charge in [-0.2, -0.15) is 0 Å². The van der Waals surface area contributed by atoms with Crippen molar-refractivity contribution in [3.63, 3.8) is 0 Å². The maximum atomic E-state index is 12.5. The van der Waals surface area contributed by atoms with Gasteiger partial charge in [0, 0.05) is 11.6 Å². The van der Waals surface area contributed by atoms with E-state index in [9.17, 15) is 14.7 Å². The van der Waals surface area contributed by atoms with E-state index < -0.39 is 12.1 Å². The van der Waals surface area contributed by atoms with Crippen LogP contribution < -0.4 is 19.3 Å². The summed E-state index contributed by atoms with van der Waals surface area (Å²) in [4.78, 5) is 23.2. The lowest BCUT2D eigenvalue weighted by molar-refractivity contribution is -0.312. The van der Waals surface area contributed by atoms with Gasteiger partial charge in [0.05, 0.1) is 18.6 Å². The molecule has 2 aromatic carbocycles. The number of para-hydroxylation sites is 1. The van der Waals surface area contributed by atoms with Crippen LogP contribution in [0.3, 0.4) is 0 Å². The average molecular weight is 339 g/mol. The molecule has 25 heavy (non-hydrogen) atoms. The number of allylic oxidation sites excluding steroid dienone is 1. The van der Waals surface area contributed by atoms with E-state index in [0.29, 0.717) is 22.6 Å². The molecule has 2 aromatic rings. The second-order valence-corrected chi connectivity index (χ2v) is 5.42. The maximum Gasteiger partial charge on any atom is 0.231 e. The van der Waals surface area contributed by atoms with Gasteiger partial charge in [-0.15, -0.1) is 0 Å². The van der Waals surface area contributed by atoms with E-state index in [4.69, 9.17) is 14.2 Å². The van der Waals surface area contributed by atoms with E-state index in [1.54, 1.807) is 19.3 Å². The third-order valence-corrected chi connectivity index (χ3v) is 3.71. The average Bonchev–Trinajstić information content (AvgIpc) is 2.90. The van der Waals surface area contributed by atoms with E-state index in [0.717, 1.165) is 0 Å². The molecule has 0 amide bonds. The van der Waals surface area contributed by atoms with Crippen LogP contribution in [-0.2, 0) is 4.79 Å². The predicted molar refractivity (Wildman–Crippen MR) is 87.5 cm³/mol. The summed E-state index contributed by atoms with van der Waals surface area (Å²) in [5.41, 5.74) is 1.10. The van der Waals surface area contributed by atoms with Crippen molar-refractivity contribution in [2.45, 2.75) is 13.0 Å². The number of rotatable bonds is 5. The second kappa shape index (κ2) is 6.68. The molecule has 6 nitrogen and oxygen atoms in total. The van der Waals surface area contributed by atoms with Crippen molar-refractivity contribution < 1.29 is 28.9 Å². The molecule has 6 heteroatoms. The Morgan fingerprint density at radius 2 is 2.00 bits per heavy atom. The molecule has 1 atom stereocenters. The molecule has 1 aliphatic heterocycles. The fourth-order valence-corrected chi connectivity index (χ4v) is 2.42. The van der Waals surface area contributed by atoms with Gasteiger partial charge in [0.2, 0.25) is 5.78 Å². The highest BCUT2D eigenvalue weighted by molar-refractivity contribution is 6.14. The molecule has 0 spiro atoms. The molecule has 0 fully saturated rings. The van der Waals surface area contributed by atoms with Crippen LogP contribution in [0.25, 0.3) is 6.08 Å². The summed E-state index contributed by atoms with van der Waals surface area (Å²) in [7, 11) is 1.55. The number of ether oxygens (including phenoxy) is 3. The van der Waals surface area contributed by atoms with Crippen molar-refractivity contribution in [1.82, 2.24) is 0 Å². The number of benzene rings is 2. The van der Waals surface area contributed by atoms with Crippen molar-refractivity contribution >= 4 is 17.8 Å². The molecule has 0 unspecified atom stereocenters. The van der Waals surface area contributed by atoms with Crippen LogP contribution in [0.4, 0.5) is 0 Å². The molecular formula is C19H15O6-. The van der Waals surface area contributed by atoms with Crippen molar-refractivity contribution in [3.8, 4) is 17.2 Å². The van der Waals surface area contributed by atoms with Gasteiger partial charge in [-0.25, -0.2) is 0 Å². The summed E-state index contributed by atoms with van der Waals surface area (Å²) < 4.78 is 16.1. The molecule has 0 aromatic heterocycles. The van der Waals surface area contributed by atoms with Gasteiger partial charge in [-0.05, 0) is 31.2 Å². The lowest BCUT2D eigenvalue weighted by Gasteiger charge is -2.15. The highest BCUT2D eigenvalue weighted by Crippen LogP contribution is 2.35. The Morgan fingerprint density at radius 3 is 2.72 bits per heavy atom. The first-order chi connectivity index (χ1) is 12.0. The Labute approximate surface area is 144 Å². The molecule has 0 saturated heterocycles. The number of methoxy groups -OCH3 is 1. The Kier molecular flexibility index (Phi) is 4.43. The Morgan fingerprint density at radius 1 is 1.24 bits per heavy atom. The third-order valence-electron chi connectivity index (χ3n) is 3.71. The number of aliphatic carboxylic acids is 1. The molecule has 3 rings (SSSR count). The number of carbonyl (C=O) groups excluding carboxylic acids is 2. The van der Waals surface area contributed by atoms with E-state index in [1.807, 2.05) is 18.2 Å². The zero-order chi connectivity index (χ0) is 18.0. The van der Waals surface area contributed by atoms with E-state index in [2.05, 4.69) is 0 Å². The van der Waals surface area contributed by atoms with E-state index >= 15 is 0 Å². The molecule has 0 N–H and O–H groups in total. The fraction of sp³-hybridized carbons (Fsp3) is 0.158. The van der Waals surface area contributed by atoms with Gasteiger partial charge in [0.1, 0.15) is 23.4 Å². The largest absolute Gasteiger partial charge is 0.546 e. The van der Waals surface area contributed by atoms with Gasteiger partial charge in [-0.1, -0.05) is 18.2 Å². The van der Waals surface area contributed by atoms with E-state index in [-0.39, 0.29) is 17.3 Å². The number of carboxylic acid groups (broad SMARTS) is 1. The molecule has 1 aliphatic rings. The summed E-state index contributed by atoms with van der Waals surface area (Å²) in [5, 5.41) is 10.8. The molecule has 1 heterocycles. The lowest BCUT2D eigenvalue weighted by Crippen LogP contribution is -2.37. The minimum absolute atomic E-state index is 0.157. The Hall–Kier alpha value is -3.28. The van der Waals surface area contributed by atoms with Gasteiger partial charge < -0.3 is 24.1 Å². The van der Waals surface area contributed by atoms with Gasteiger partial charge in [0.15, 0.2) is 5.76 Å². The number of hydrogen-bond donors (Lipinski definition) is 0. The zero-order valence-corrected chi connectivity index (χ0v) is 13.6. The lowest BCUT2D eigenvalue weighted by atomic mass is 10.1. The standard InChI is InChI=1S/C19H16O6/c1-11(19(21)22)24-13-7-8-14-16(10-13)25-17(18(14)20)9-12-5-3-4-6-15(12)23-2/h3-11H,1-2H3,(H,21,22)/p-1/t11-/m1/s1. The number of Topliss-reactive ketones (excluding diaryl/α,β-unsaturated/α-hetero) is 1. The van der Waals surface area contributed by atoms with Crippen LogP contribution in [0.1, 0.15) is 22.8 Å². The summed E-state index contributed by atoms with van der Waals surface area (Å²) in [5.74, 6) is -0.218. The Balaban J connectivity index is 1.88. The number of hydrogen-bond acceptors (Lipinski definition) is 6. The maximum absolute atomic E-state index is 12.5. The first-order valence-corrected chi connectivity index (χ1v) is 7.58. The third kappa shape index (κ3) is 3.33. The topological polar surface area (TPSA) is 84.9 Å². The van der Waals surface area contributed by atoms with E-state index in [1.165, 1.54) is 25.1 Å². The molecule has 128 valence electrons. The fourth-order valence-electron chi connectivity index (χ4n) is 2.42. The molecule has 0 aliphatic carbocycles. The summed E-state index contributed by atoms with van der Waals surface area (Å²) in [6.45, 7) is 1.36. The van der Waals surface area contributed by atoms with Crippen molar-refractivity contribution in [2.24, 2.45) is 0 Å². The van der Waals surface area contributed by atoms with Crippen LogP contribution in [0.5, 0.6) is 17.2 Å². The summed E-state index contributed by atoms with van der Waals surface area (Å²) in [6.07, 6.45) is 0.490. The number of fused-ring (bicyclic) bond motifs is 1. The molecule has 0 radical (unpaired) electrons. The normalized spacial score (nSPS) is 15.4. The van der Waals surface area contributed by atoms with Crippen molar-refractivity contribution in [1.29, 1.82) is 0 Å².